The largest absolute Gasteiger partial charge is 0.322 e. The summed E-state index contributed by atoms with van der Waals surface area (Å²) >= 11 is 2.15. The Morgan fingerprint density at radius 3 is 1.96 bits per heavy atom. The van der Waals surface area contributed by atoms with Crippen molar-refractivity contribution in [1.82, 2.24) is 0 Å². The lowest BCUT2D eigenvalue weighted by Crippen LogP contribution is -2.14. The Morgan fingerprint density at radius 2 is 1.37 bits per heavy atom. The van der Waals surface area contributed by atoms with Crippen molar-refractivity contribution < 1.29 is 17.6 Å². The number of hydrogen-bond donors (Lipinski definition) is 2. The number of carbonyl (C=O) groups excluding carboxylic acids is 1. The summed E-state index contributed by atoms with van der Waals surface area (Å²) in [5, 5.41) is 2.71. The smallest absolute Gasteiger partial charge is 0.261 e. The first-order valence-corrected chi connectivity index (χ1v) is 10.3. The lowest BCUT2D eigenvalue weighted by Gasteiger charge is -2.09. The Hall–Kier alpha value is -2.46. The number of anilines is 2. The van der Waals surface area contributed by atoms with Crippen molar-refractivity contribution in [3.05, 3.63) is 87.7 Å². The van der Waals surface area contributed by atoms with Crippen LogP contribution in [-0.2, 0) is 10.0 Å². The number of nitrogens with one attached hydrogen (secondary N) is 2. The average Bonchev–Trinajstić information content (AvgIpc) is 2.64. The zero-order valence-electron chi connectivity index (χ0n) is 13.8. The van der Waals surface area contributed by atoms with Gasteiger partial charge in [-0.2, -0.15) is 0 Å². The Kier molecular flexibility index (Phi) is 5.76. The molecule has 1 amide bonds. The van der Waals surface area contributed by atoms with Crippen LogP contribution >= 0.6 is 22.6 Å². The first kappa shape index (κ1) is 19.3. The molecule has 2 N–H and O–H groups in total. The molecule has 0 saturated carbocycles. The van der Waals surface area contributed by atoms with Gasteiger partial charge in [0.1, 0.15) is 5.82 Å². The van der Waals surface area contributed by atoms with Crippen LogP contribution in [-0.4, -0.2) is 14.3 Å². The zero-order valence-corrected chi connectivity index (χ0v) is 16.8. The fraction of sp³-hybridized carbons (Fsp3) is 0. The molecule has 0 saturated heterocycles. The summed E-state index contributed by atoms with van der Waals surface area (Å²) in [6.45, 7) is 0. The molecular formula is C19H14FIN2O3S. The van der Waals surface area contributed by atoms with Crippen LogP contribution in [0.1, 0.15) is 10.4 Å². The van der Waals surface area contributed by atoms with Crippen LogP contribution in [0, 0.1) is 9.39 Å². The van der Waals surface area contributed by atoms with Crippen LogP contribution in [0.5, 0.6) is 0 Å². The molecule has 27 heavy (non-hydrogen) atoms. The van der Waals surface area contributed by atoms with Crippen molar-refractivity contribution in [3.8, 4) is 0 Å². The third-order valence-electron chi connectivity index (χ3n) is 3.63. The highest BCUT2D eigenvalue weighted by atomic mass is 127. The van der Waals surface area contributed by atoms with E-state index in [4.69, 9.17) is 0 Å². The molecule has 3 aromatic carbocycles. The molecule has 5 nitrogen and oxygen atoms in total. The second kappa shape index (κ2) is 8.05. The standard InChI is InChI=1S/C19H14FIN2O3S/c20-14-3-7-17(8-4-14)23-27(25,26)18-11-9-16(10-12-18)22-19(24)13-1-5-15(21)6-2-13/h1-12,23H,(H,22,24). The molecule has 0 atom stereocenters. The summed E-state index contributed by atoms with van der Waals surface area (Å²) in [5.74, 6) is -0.738. The minimum atomic E-state index is -3.81. The first-order chi connectivity index (χ1) is 12.8. The zero-order chi connectivity index (χ0) is 19.4. The van der Waals surface area contributed by atoms with Gasteiger partial charge in [-0.25, -0.2) is 12.8 Å². The van der Waals surface area contributed by atoms with E-state index < -0.39 is 15.8 Å². The Balaban J connectivity index is 1.71. The van der Waals surface area contributed by atoms with Crippen molar-refractivity contribution in [3.63, 3.8) is 0 Å². The van der Waals surface area contributed by atoms with Gasteiger partial charge >= 0.3 is 0 Å². The molecule has 0 aliphatic heterocycles. The highest BCUT2D eigenvalue weighted by molar-refractivity contribution is 14.1. The third-order valence-corrected chi connectivity index (χ3v) is 5.74. The van der Waals surface area contributed by atoms with Gasteiger partial charge in [0.2, 0.25) is 0 Å². The average molecular weight is 496 g/mol. The number of benzene rings is 3. The number of amides is 1. The minimum Gasteiger partial charge on any atom is -0.322 e. The number of carbonyl (C=O) groups is 1. The van der Waals surface area contributed by atoms with Crippen LogP contribution in [0.3, 0.4) is 0 Å². The lowest BCUT2D eigenvalue weighted by molar-refractivity contribution is 0.102. The van der Waals surface area contributed by atoms with Gasteiger partial charge in [0.15, 0.2) is 0 Å². The summed E-state index contributed by atoms with van der Waals surface area (Å²) < 4.78 is 41.1. The predicted molar refractivity (Wildman–Crippen MR) is 111 cm³/mol. The first-order valence-electron chi connectivity index (χ1n) is 7.79. The van der Waals surface area contributed by atoms with Gasteiger partial charge in [-0.1, -0.05) is 0 Å². The van der Waals surface area contributed by atoms with Gasteiger partial charge in [0, 0.05) is 20.5 Å². The van der Waals surface area contributed by atoms with E-state index in [1.165, 1.54) is 48.5 Å². The van der Waals surface area contributed by atoms with Gasteiger partial charge < -0.3 is 5.32 Å². The van der Waals surface area contributed by atoms with Crippen LogP contribution in [0.2, 0.25) is 0 Å². The number of rotatable bonds is 5. The van der Waals surface area contributed by atoms with Crippen molar-refractivity contribution in [2.75, 3.05) is 10.0 Å². The molecule has 3 aromatic rings. The van der Waals surface area contributed by atoms with Gasteiger partial charge in [-0.3, -0.25) is 9.52 Å². The van der Waals surface area contributed by atoms with Gasteiger partial charge in [0.05, 0.1) is 4.90 Å². The second-order valence-electron chi connectivity index (χ2n) is 5.60. The molecule has 0 unspecified atom stereocenters. The third kappa shape index (κ3) is 5.04. The number of hydrogen-bond acceptors (Lipinski definition) is 3. The topological polar surface area (TPSA) is 75.3 Å². The van der Waals surface area contributed by atoms with Crippen LogP contribution in [0.4, 0.5) is 15.8 Å². The maximum absolute atomic E-state index is 12.9. The SMILES string of the molecule is O=C(Nc1ccc(S(=O)(=O)Nc2ccc(F)cc2)cc1)c1ccc(I)cc1. The molecule has 0 bridgehead atoms. The maximum atomic E-state index is 12.9. The van der Waals surface area contributed by atoms with Gasteiger partial charge in [0.25, 0.3) is 15.9 Å². The fourth-order valence-electron chi connectivity index (χ4n) is 2.25. The van der Waals surface area contributed by atoms with Crippen LogP contribution < -0.4 is 10.0 Å². The van der Waals surface area contributed by atoms with Crippen molar-refractivity contribution in [1.29, 1.82) is 0 Å². The molecule has 0 aliphatic carbocycles. The minimum absolute atomic E-state index is 0.0269. The molecule has 0 radical (unpaired) electrons. The monoisotopic (exact) mass is 496 g/mol. The Morgan fingerprint density at radius 1 is 0.815 bits per heavy atom. The van der Waals surface area contributed by atoms with Crippen molar-refractivity contribution in [2.45, 2.75) is 4.90 Å². The highest BCUT2D eigenvalue weighted by Gasteiger charge is 2.14. The normalized spacial score (nSPS) is 11.0. The van der Waals surface area contributed by atoms with E-state index in [1.54, 1.807) is 12.1 Å². The molecule has 0 heterocycles. The summed E-state index contributed by atoms with van der Waals surface area (Å²) in [7, 11) is -3.81. The van der Waals surface area contributed by atoms with Crippen LogP contribution in [0.25, 0.3) is 0 Å². The van der Waals surface area contributed by atoms with E-state index >= 15 is 0 Å². The van der Waals surface area contributed by atoms with E-state index in [0.717, 1.165) is 3.57 Å². The fourth-order valence-corrected chi connectivity index (χ4v) is 3.67. The summed E-state index contributed by atoms with van der Waals surface area (Å²) in [5.41, 5.74) is 1.23. The van der Waals surface area contributed by atoms with E-state index in [-0.39, 0.29) is 16.5 Å². The number of halogens is 2. The molecule has 0 aliphatic rings. The molecule has 8 heteroatoms. The second-order valence-corrected chi connectivity index (χ2v) is 8.53. The van der Waals surface area contributed by atoms with Crippen molar-refractivity contribution >= 4 is 49.9 Å². The van der Waals surface area contributed by atoms with E-state index in [1.807, 2.05) is 12.1 Å². The summed E-state index contributed by atoms with van der Waals surface area (Å²) in [4.78, 5) is 12.2. The summed E-state index contributed by atoms with van der Waals surface area (Å²) in [6.07, 6.45) is 0. The highest BCUT2D eigenvalue weighted by Crippen LogP contribution is 2.19. The maximum Gasteiger partial charge on any atom is 0.261 e. The Bertz CT molecular complexity index is 1050. The van der Waals surface area contributed by atoms with E-state index in [0.29, 0.717) is 11.3 Å². The van der Waals surface area contributed by atoms with E-state index in [2.05, 4.69) is 32.6 Å². The molecule has 3 rings (SSSR count). The quantitative estimate of drug-likeness (QED) is 0.512. The van der Waals surface area contributed by atoms with E-state index in [9.17, 15) is 17.6 Å². The predicted octanol–water partition coefficient (Wildman–Crippen LogP) is 4.48. The molecule has 0 spiro atoms. The molecule has 0 aromatic heterocycles. The molecule has 0 fully saturated rings. The lowest BCUT2D eigenvalue weighted by atomic mass is 10.2. The van der Waals surface area contributed by atoms with Crippen LogP contribution in [0.15, 0.2) is 77.7 Å². The summed E-state index contributed by atoms with van der Waals surface area (Å²) in [6, 6.07) is 17.9. The van der Waals surface area contributed by atoms with Gasteiger partial charge in [-0.05, 0) is 95.4 Å². The molecular weight excluding hydrogens is 482 g/mol. The molecule has 138 valence electrons. The van der Waals surface area contributed by atoms with Crippen molar-refractivity contribution in [2.24, 2.45) is 0 Å². The van der Waals surface area contributed by atoms with Gasteiger partial charge in [-0.15, -0.1) is 0 Å². The Labute approximate surface area is 169 Å². The number of sulfonamides is 1.